The number of benzene rings is 1. The van der Waals surface area contributed by atoms with Gasteiger partial charge < -0.3 is 15.7 Å². The highest BCUT2D eigenvalue weighted by Crippen LogP contribution is 2.16. The molecule has 1 aliphatic rings. The number of hydrogen-bond donors (Lipinski definition) is 2. The van der Waals surface area contributed by atoms with Gasteiger partial charge >= 0.3 is 0 Å². The molecule has 1 saturated heterocycles. The van der Waals surface area contributed by atoms with Crippen molar-refractivity contribution in [1.82, 2.24) is 9.80 Å². The van der Waals surface area contributed by atoms with Crippen molar-refractivity contribution in [1.29, 1.82) is 0 Å². The van der Waals surface area contributed by atoms with E-state index < -0.39 is 0 Å². The average molecular weight is 305 g/mol. The molecule has 2 rings (SSSR count). The number of likely N-dealkylation sites (tertiary alicyclic amines) is 1. The summed E-state index contributed by atoms with van der Waals surface area (Å²) in [6.07, 6.45) is 1.24. The molecular weight excluding hydrogens is 278 g/mol. The highest BCUT2D eigenvalue weighted by Gasteiger charge is 2.24. The second-order valence-electron chi connectivity index (χ2n) is 6.31. The van der Waals surface area contributed by atoms with E-state index in [9.17, 15) is 9.90 Å². The highest BCUT2D eigenvalue weighted by atomic mass is 16.3. The molecule has 1 atom stereocenters. The van der Waals surface area contributed by atoms with Gasteiger partial charge in [0.1, 0.15) is 0 Å². The van der Waals surface area contributed by atoms with Crippen LogP contribution >= 0.6 is 0 Å². The third kappa shape index (κ3) is 5.40. The molecule has 5 heteroatoms. The van der Waals surface area contributed by atoms with Crippen molar-refractivity contribution in [3.8, 4) is 0 Å². The molecular formula is C17H27N3O2. The predicted molar refractivity (Wildman–Crippen MR) is 87.1 cm³/mol. The number of likely N-dealkylation sites (N-methyl/N-ethyl adjacent to an activating group) is 1. The Hall–Kier alpha value is -1.43. The first kappa shape index (κ1) is 16.9. The highest BCUT2D eigenvalue weighted by molar-refractivity contribution is 5.76. The summed E-state index contributed by atoms with van der Waals surface area (Å²) in [5, 5.41) is 10.2. The second kappa shape index (κ2) is 8.27. The van der Waals surface area contributed by atoms with Crippen molar-refractivity contribution in [2.24, 2.45) is 11.7 Å². The Bertz CT molecular complexity index is 458. The minimum absolute atomic E-state index is 0.00847. The normalized spacial score (nSPS) is 18.5. The van der Waals surface area contributed by atoms with Gasteiger partial charge in [-0.15, -0.1) is 0 Å². The lowest BCUT2D eigenvalue weighted by Gasteiger charge is -2.32. The standard InChI is InChI=1S/C17H27N3O2/c1-19(11-14-5-3-2-4-6-14)12-16(21)13-20-9-7-15(8-10-20)17(18)22/h2-6,15-16,21H,7-13H2,1H3,(H2,18,22). The van der Waals surface area contributed by atoms with E-state index in [1.807, 2.05) is 25.2 Å². The van der Waals surface area contributed by atoms with Gasteiger partial charge in [0.05, 0.1) is 6.10 Å². The summed E-state index contributed by atoms with van der Waals surface area (Å²) in [6, 6.07) is 10.3. The molecule has 0 radical (unpaired) electrons. The number of piperidine rings is 1. The summed E-state index contributed by atoms with van der Waals surface area (Å²) >= 11 is 0. The minimum Gasteiger partial charge on any atom is -0.390 e. The predicted octanol–water partition coefficient (Wildman–Crippen LogP) is 0.677. The Balaban J connectivity index is 1.69. The number of rotatable bonds is 7. The van der Waals surface area contributed by atoms with E-state index in [0.717, 1.165) is 32.5 Å². The number of amides is 1. The first-order chi connectivity index (χ1) is 10.5. The smallest absolute Gasteiger partial charge is 0.220 e. The van der Waals surface area contributed by atoms with E-state index in [4.69, 9.17) is 5.73 Å². The number of aliphatic hydroxyl groups excluding tert-OH is 1. The third-order valence-corrected chi connectivity index (χ3v) is 4.28. The number of β-amino-alcohol motifs (C(OH)–C–C–N with tert-alkyl or cyclic N) is 1. The fourth-order valence-electron chi connectivity index (χ4n) is 3.08. The zero-order valence-electron chi connectivity index (χ0n) is 13.3. The van der Waals surface area contributed by atoms with E-state index in [1.165, 1.54) is 5.56 Å². The molecule has 1 unspecified atom stereocenters. The second-order valence-corrected chi connectivity index (χ2v) is 6.31. The molecule has 1 amide bonds. The van der Waals surface area contributed by atoms with Crippen LogP contribution in [0.4, 0.5) is 0 Å². The van der Waals surface area contributed by atoms with Gasteiger partial charge in [-0.05, 0) is 38.5 Å². The molecule has 1 fully saturated rings. The lowest BCUT2D eigenvalue weighted by molar-refractivity contribution is -0.123. The minimum atomic E-state index is -0.376. The monoisotopic (exact) mass is 305 g/mol. The number of nitrogens with zero attached hydrogens (tertiary/aromatic N) is 2. The molecule has 122 valence electrons. The Morgan fingerprint density at radius 3 is 2.59 bits per heavy atom. The molecule has 5 nitrogen and oxygen atoms in total. The van der Waals surface area contributed by atoms with Crippen molar-refractivity contribution < 1.29 is 9.90 Å². The molecule has 22 heavy (non-hydrogen) atoms. The topological polar surface area (TPSA) is 69.8 Å². The molecule has 0 spiro atoms. The number of primary amides is 1. The SMILES string of the molecule is CN(Cc1ccccc1)CC(O)CN1CCC(C(N)=O)CC1. The van der Waals surface area contributed by atoms with Crippen molar-refractivity contribution in [3.63, 3.8) is 0 Å². The van der Waals surface area contributed by atoms with E-state index in [2.05, 4.69) is 21.9 Å². The van der Waals surface area contributed by atoms with Gasteiger partial charge in [-0.2, -0.15) is 0 Å². The van der Waals surface area contributed by atoms with Crippen molar-refractivity contribution in [2.75, 3.05) is 33.2 Å². The van der Waals surface area contributed by atoms with Crippen LogP contribution < -0.4 is 5.73 Å². The number of nitrogens with two attached hydrogens (primary N) is 1. The van der Waals surface area contributed by atoms with E-state index in [-0.39, 0.29) is 17.9 Å². The summed E-state index contributed by atoms with van der Waals surface area (Å²) < 4.78 is 0. The zero-order valence-corrected chi connectivity index (χ0v) is 13.3. The Morgan fingerprint density at radius 2 is 2.00 bits per heavy atom. The van der Waals surface area contributed by atoms with Crippen molar-refractivity contribution >= 4 is 5.91 Å². The third-order valence-electron chi connectivity index (χ3n) is 4.28. The van der Waals surface area contributed by atoms with Crippen LogP contribution in [0, 0.1) is 5.92 Å². The van der Waals surface area contributed by atoms with Crippen molar-refractivity contribution in [2.45, 2.75) is 25.5 Å². The van der Waals surface area contributed by atoms with Crippen LogP contribution in [-0.4, -0.2) is 60.1 Å². The average Bonchev–Trinajstić information content (AvgIpc) is 2.48. The molecule has 1 aromatic rings. The maximum absolute atomic E-state index is 11.1. The lowest BCUT2D eigenvalue weighted by atomic mass is 9.96. The zero-order chi connectivity index (χ0) is 15.9. The maximum atomic E-state index is 11.1. The summed E-state index contributed by atoms with van der Waals surface area (Å²) in [5.74, 6) is -0.183. The van der Waals surface area contributed by atoms with Crippen LogP contribution in [0.3, 0.4) is 0 Å². The number of carbonyl (C=O) groups excluding carboxylic acids is 1. The van der Waals surface area contributed by atoms with Crippen LogP contribution in [0.25, 0.3) is 0 Å². The Labute approximate surface area is 132 Å². The summed E-state index contributed by atoms with van der Waals surface area (Å²) in [6.45, 7) is 3.82. The van der Waals surface area contributed by atoms with E-state index in [0.29, 0.717) is 13.1 Å². The van der Waals surface area contributed by atoms with Gasteiger partial charge in [-0.3, -0.25) is 9.69 Å². The van der Waals surface area contributed by atoms with E-state index >= 15 is 0 Å². The Kier molecular flexibility index (Phi) is 6.36. The van der Waals surface area contributed by atoms with Gasteiger partial charge in [-0.1, -0.05) is 30.3 Å². The first-order valence-electron chi connectivity index (χ1n) is 7.97. The van der Waals surface area contributed by atoms with Gasteiger partial charge in [-0.25, -0.2) is 0 Å². The molecule has 1 aromatic carbocycles. The number of aliphatic hydroxyl groups is 1. The fraction of sp³-hybridized carbons (Fsp3) is 0.588. The lowest BCUT2D eigenvalue weighted by Crippen LogP contribution is -2.44. The summed E-state index contributed by atoms with van der Waals surface area (Å²) in [4.78, 5) is 15.5. The van der Waals surface area contributed by atoms with Crippen LogP contribution in [0.1, 0.15) is 18.4 Å². The van der Waals surface area contributed by atoms with Crippen LogP contribution in [0.5, 0.6) is 0 Å². The summed E-state index contributed by atoms with van der Waals surface area (Å²) in [7, 11) is 2.02. The van der Waals surface area contributed by atoms with Gasteiger partial charge in [0.25, 0.3) is 0 Å². The van der Waals surface area contributed by atoms with Crippen LogP contribution in [-0.2, 0) is 11.3 Å². The molecule has 1 aliphatic heterocycles. The van der Waals surface area contributed by atoms with Gasteiger partial charge in [0.2, 0.25) is 5.91 Å². The number of carbonyl (C=O) groups is 1. The first-order valence-corrected chi connectivity index (χ1v) is 7.97. The van der Waals surface area contributed by atoms with Crippen LogP contribution in [0.15, 0.2) is 30.3 Å². The van der Waals surface area contributed by atoms with Crippen LogP contribution in [0.2, 0.25) is 0 Å². The van der Waals surface area contributed by atoms with Crippen molar-refractivity contribution in [3.05, 3.63) is 35.9 Å². The molecule has 0 aliphatic carbocycles. The molecule has 0 aromatic heterocycles. The van der Waals surface area contributed by atoms with Gasteiger partial charge in [0, 0.05) is 25.6 Å². The largest absolute Gasteiger partial charge is 0.390 e. The molecule has 0 bridgehead atoms. The quantitative estimate of drug-likeness (QED) is 0.777. The Morgan fingerprint density at radius 1 is 1.36 bits per heavy atom. The molecule has 1 heterocycles. The molecule has 0 saturated carbocycles. The summed E-state index contributed by atoms with van der Waals surface area (Å²) in [5.41, 5.74) is 6.59. The number of hydrogen-bond acceptors (Lipinski definition) is 4. The van der Waals surface area contributed by atoms with Gasteiger partial charge in [0.15, 0.2) is 0 Å². The maximum Gasteiger partial charge on any atom is 0.220 e. The molecule has 3 N–H and O–H groups in total. The fourth-order valence-corrected chi connectivity index (χ4v) is 3.08. The van der Waals surface area contributed by atoms with E-state index in [1.54, 1.807) is 0 Å².